The molecule has 0 radical (unpaired) electrons. The lowest BCUT2D eigenvalue weighted by atomic mass is 10.1. The Labute approximate surface area is 118 Å². The molecule has 0 amide bonds. The number of phenols is 1. The van der Waals surface area contributed by atoms with Gasteiger partial charge in [0.1, 0.15) is 34.8 Å². The van der Waals surface area contributed by atoms with Crippen molar-refractivity contribution < 1.29 is 23.4 Å². The van der Waals surface area contributed by atoms with Crippen molar-refractivity contribution in [1.29, 1.82) is 5.26 Å². The van der Waals surface area contributed by atoms with Crippen LogP contribution in [0.5, 0.6) is 11.5 Å². The fourth-order valence-corrected chi connectivity index (χ4v) is 1.62. The van der Waals surface area contributed by atoms with Crippen LogP contribution >= 0.6 is 0 Å². The number of hydrogen-bond donors (Lipinski definition) is 1. The average molecular weight is 289 g/mol. The van der Waals surface area contributed by atoms with Gasteiger partial charge < -0.3 is 9.84 Å². The lowest BCUT2D eigenvalue weighted by molar-refractivity contribution is 0.0921. The van der Waals surface area contributed by atoms with Crippen LogP contribution in [-0.4, -0.2) is 17.5 Å². The molecule has 0 saturated heterocycles. The summed E-state index contributed by atoms with van der Waals surface area (Å²) < 4.78 is 31.7. The second kappa shape index (κ2) is 6.01. The van der Waals surface area contributed by atoms with E-state index in [-0.39, 0.29) is 11.5 Å². The Morgan fingerprint density at radius 1 is 1.19 bits per heavy atom. The van der Waals surface area contributed by atoms with Gasteiger partial charge in [-0.1, -0.05) is 0 Å². The van der Waals surface area contributed by atoms with Crippen LogP contribution in [0.3, 0.4) is 0 Å². The summed E-state index contributed by atoms with van der Waals surface area (Å²) in [5, 5.41) is 17.6. The molecule has 0 aliphatic rings. The minimum Gasteiger partial charge on any atom is -0.508 e. The second-order valence-corrected chi connectivity index (χ2v) is 4.13. The Kier molecular flexibility index (Phi) is 4.14. The van der Waals surface area contributed by atoms with E-state index in [1.54, 1.807) is 0 Å². The molecule has 0 aliphatic heterocycles. The lowest BCUT2D eigenvalue weighted by Gasteiger charge is -2.07. The fourth-order valence-electron chi connectivity index (χ4n) is 1.62. The average Bonchev–Trinajstić information content (AvgIpc) is 2.45. The lowest BCUT2D eigenvalue weighted by Crippen LogP contribution is -2.11. The van der Waals surface area contributed by atoms with Crippen LogP contribution in [0, 0.1) is 23.0 Å². The molecule has 1 N–H and O–H groups in total. The number of rotatable bonds is 4. The van der Waals surface area contributed by atoms with E-state index >= 15 is 0 Å². The topological polar surface area (TPSA) is 70.3 Å². The maximum absolute atomic E-state index is 13.3. The van der Waals surface area contributed by atoms with E-state index in [0.29, 0.717) is 5.56 Å². The highest BCUT2D eigenvalue weighted by atomic mass is 19.1. The van der Waals surface area contributed by atoms with Gasteiger partial charge >= 0.3 is 0 Å². The van der Waals surface area contributed by atoms with Crippen molar-refractivity contribution in [1.82, 2.24) is 0 Å². The Morgan fingerprint density at radius 3 is 2.29 bits per heavy atom. The summed E-state index contributed by atoms with van der Waals surface area (Å²) in [6, 6.07) is 8.56. The summed E-state index contributed by atoms with van der Waals surface area (Å²) in [4.78, 5) is 11.8. The van der Waals surface area contributed by atoms with Gasteiger partial charge in [0.15, 0.2) is 12.4 Å². The molecule has 0 spiro atoms. The number of hydrogen-bond acceptors (Lipinski definition) is 4. The fraction of sp³-hybridized carbons (Fsp3) is 0.0667. The van der Waals surface area contributed by atoms with Gasteiger partial charge in [-0.3, -0.25) is 4.79 Å². The number of Topliss-reactive ketones (excluding diaryl/α,β-unsaturated/α-hetero) is 1. The number of aromatic hydroxyl groups is 1. The summed E-state index contributed by atoms with van der Waals surface area (Å²) in [6.45, 7) is -0.421. The number of carbonyl (C=O) groups excluding carboxylic acids is 1. The molecule has 0 bridgehead atoms. The molecule has 0 aliphatic carbocycles. The summed E-state index contributed by atoms with van der Waals surface area (Å²) in [7, 11) is 0. The maximum atomic E-state index is 13.3. The van der Waals surface area contributed by atoms with Crippen molar-refractivity contribution in [3.63, 3.8) is 0 Å². The van der Waals surface area contributed by atoms with Crippen molar-refractivity contribution in [2.75, 3.05) is 6.61 Å². The molecule has 106 valence electrons. The summed E-state index contributed by atoms with van der Waals surface area (Å²) >= 11 is 0. The zero-order chi connectivity index (χ0) is 15.4. The number of ether oxygens (including phenoxy) is 1. The van der Waals surface area contributed by atoms with Crippen LogP contribution in [0.1, 0.15) is 15.9 Å². The van der Waals surface area contributed by atoms with Crippen molar-refractivity contribution in [3.05, 3.63) is 59.2 Å². The molecule has 2 aromatic rings. The van der Waals surface area contributed by atoms with Gasteiger partial charge in [-0.05, 0) is 24.3 Å². The number of halogens is 2. The van der Waals surface area contributed by atoms with Crippen LogP contribution in [-0.2, 0) is 0 Å². The standard InChI is InChI=1S/C15H9F2NO3/c16-13-5-11(6-14(17)12(13)7-18)21-8-15(20)9-1-3-10(19)4-2-9/h1-6,19H,8H2. The third kappa shape index (κ3) is 3.34. The highest BCUT2D eigenvalue weighted by molar-refractivity contribution is 5.97. The first kappa shape index (κ1) is 14.5. The van der Waals surface area contributed by atoms with Crippen LogP contribution in [0.15, 0.2) is 36.4 Å². The molecular formula is C15H9F2NO3. The highest BCUT2D eigenvalue weighted by Gasteiger charge is 2.13. The van der Waals surface area contributed by atoms with E-state index in [9.17, 15) is 13.6 Å². The molecule has 21 heavy (non-hydrogen) atoms. The highest BCUT2D eigenvalue weighted by Crippen LogP contribution is 2.20. The molecule has 2 rings (SSSR count). The number of nitriles is 1. The Morgan fingerprint density at radius 2 is 1.76 bits per heavy atom. The third-order valence-electron chi connectivity index (χ3n) is 2.69. The van der Waals surface area contributed by atoms with E-state index in [4.69, 9.17) is 15.1 Å². The maximum Gasteiger partial charge on any atom is 0.200 e. The Hall–Kier alpha value is -2.94. The molecule has 6 heteroatoms. The first-order valence-corrected chi connectivity index (χ1v) is 5.85. The summed E-state index contributed by atoms with van der Waals surface area (Å²) in [5.74, 6) is -2.69. The van der Waals surface area contributed by atoms with Crippen molar-refractivity contribution in [2.45, 2.75) is 0 Å². The van der Waals surface area contributed by atoms with Gasteiger partial charge in [0.2, 0.25) is 0 Å². The predicted octanol–water partition coefficient (Wildman–Crippen LogP) is 2.80. The smallest absolute Gasteiger partial charge is 0.200 e. The quantitative estimate of drug-likeness (QED) is 0.879. The number of ketones is 1. The SMILES string of the molecule is N#Cc1c(F)cc(OCC(=O)c2ccc(O)cc2)cc1F. The first-order chi connectivity index (χ1) is 10.0. The van der Waals surface area contributed by atoms with Gasteiger partial charge in [0.05, 0.1) is 0 Å². The van der Waals surface area contributed by atoms with Crippen LogP contribution in [0.2, 0.25) is 0 Å². The van der Waals surface area contributed by atoms with E-state index in [1.165, 1.54) is 30.3 Å². The van der Waals surface area contributed by atoms with Crippen LogP contribution in [0.25, 0.3) is 0 Å². The van der Waals surface area contributed by atoms with E-state index in [2.05, 4.69) is 0 Å². The van der Waals surface area contributed by atoms with Crippen molar-refractivity contribution in [3.8, 4) is 17.6 Å². The molecular weight excluding hydrogens is 280 g/mol. The van der Waals surface area contributed by atoms with E-state index < -0.39 is 29.6 Å². The minimum atomic E-state index is -1.05. The zero-order valence-electron chi connectivity index (χ0n) is 10.6. The Bertz CT molecular complexity index is 698. The zero-order valence-corrected chi connectivity index (χ0v) is 10.6. The molecule has 2 aromatic carbocycles. The van der Waals surface area contributed by atoms with E-state index in [1.807, 2.05) is 0 Å². The largest absolute Gasteiger partial charge is 0.508 e. The number of nitrogens with zero attached hydrogens (tertiary/aromatic N) is 1. The summed E-state index contributed by atoms with van der Waals surface area (Å²) in [6.07, 6.45) is 0. The molecule has 0 heterocycles. The molecule has 0 aromatic heterocycles. The van der Waals surface area contributed by atoms with Crippen LogP contribution in [0.4, 0.5) is 8.78 Å². The van der Waals surface area contributed by atoms with Crippen molar-refractivity contribution >= 4 is 5.78 Å². The van der Waals surface area contributed by atoms with E-state index in [0.717, 1.165) is 12.1 Å². The monoisotopic (exact) mass is 289 g/mol. The second-order valence-electron chi connectivity index (χ2n) is 4.13. The van der Waals surface area contributed by atoms with Gasteiger partial charge in [0, 0.05) is 17.7 Å². The number of carbonyl (C=O) groups is 1. The van der Waals surface area contributed by atoms with Crippen molar-refractivity contribution in [2.24, 2.45) is 0 Å². The molecule has 0 fully saturated rings. The van der Waals surface area contributed by atoms with Gasteiger partial charge in [-0.2, -0.15) is 5.26 Å². The molecule has 4 nitrogen and oxygen atoms in total. The normalized spacial score (nSPS) is 9.95. The number of benzene rings is 2. The third-order valence-corrected chi connectivity index (χ3v) is 2.69. The molecule has 0 atom stereocenters. The summed E-state index contributed by atoms with van der Waals surface area (Å²) in [5.41, 5.74) is -0.408. The number of phenolic OH excluding ortho intramolecular Hbond substituents is 1. The molecule has 0 unspecified atom stereocenters. The Balaban J connectivity index is 2.08. The minimum absolute atomic E-state index is 0.0173. The van der Waals surface area contributed by atoms with Gasteiger partial charge in [0.25, 0.3) is 0 Å². The van der Waals surface area contributed by atoms with Crippen LogP contribution < -0.4 is 4.74 Å². The van der Waals surface area contributed by atoms with Gasteiger partial charge in [-0.15, -0.1) is 0 Å². The molecule has 0 saturated carbocycles. The first-order valence-electron chi connectivity index (χ1n) is 5.85. The predicted molar refractivity (Wildman–Crippen MR) is 69.0 cm³/mol. The van der Waals surface area contributed by atoms with Gasteiger partial charge in [-0.25, -0.2) is 8.78 Å².